The fourth-order valence-corrected chi connectivity index (χ4v) is 2.38. The van der Waals surface area contributed by atoms with Crippen LogP contribution in [0.2, 0.25) is 0 Å². The van der Waals surface area contributed by atoms with Crippen LogP contribution in [0.4, 0.5) is 5.69 Å². The number of amides is 1. The minimum absolute atomic E-state index is 0.0610. The van der Waals surface area contributed by atoms with Crippen molar-refractivity contribution in [1.29, 1.82) is 0 Å². The predicted molar refractivity (Wildman–Crippen MR) is 74.9 cm³/mol. The van der Waals surface area contributed by atoms with Crippen molar-refractivity contribution in [3.8, 4) is 0 Å². The molecule has 1 aromatic rings. The van der Waals surface area contributed by atoms with Crippen LogP contribution in [-0.4, -0.2) is 24.7 Å². The highest BCUT2D eigenvalue weighted by atomic mass is 16.5. The Kier molecular flexibility index (Phi) is 4.07. The Morgan fingerprint density at radius 2 is 2.26 bits per heavy atom. The third-order valence-corrected chi connectivity index (χ3v) is 3.49. The van der Waals surface area contributed by atoms with Crippen LogP contribution in [0, 0.1) is 6.92 Å². The Bertz CT molecular complexity index is 468. The Morgan fingerprint density at radius 1 is 1.47 bits per heavy atom. The van der Waals surface area contributed by atoms with E-state index in [0.29, 0.717) is 12.2 Å². The van der Waals surface area contributed by atoms with Crippen molar-refractivity contribution in [2.45, 2.75) is 32.2 Å². The van der Waals surface area contributed by atoms with Crippen molar-refractivity contribution in [3.63, 3.8) is 0 Å². The molecular weight excluding hydrogens is 242 g/mol. The number of carbonyl (C=O) groups excluding carboxylic acids is 1. The van der Waals surface area contributed by atoms with Gasteiger partial charge in [-0.3, -0.25) is 10.6 Å². The number of hydrazine groups is 1. The van der Waals surface area contributed by atoms with Gasteiger partial charge >= 0.3 is 0 Å². The standard InChI is InChI=1S/C14H21N3O2/c1-10-8-11(17-15)4-5-12(10)13(18)16-14(2)6-3-7-19-9-14/h4-5,8,17H,3,6-7,9,15H2,1-2H3,(H,16,18). The first-order valence-electron chi connectivity index (χ1n) is 6.52. The average molecular weight is 263 g/mol. The molecule has 1 aliphatic heterocycles. The van der Waals surface area contributed by atoms with Crippen LogP contribution < -0.4 is 16.6 Å². The van der Waals surface area contributed by atoms with E-state index >= 15 is 0 Å². The molecule has 5 nitrogen and oxygen atoms in total. The highest BCUT2D eigenvalue weighted by molar-refractivity contribution is 5.96. The van der Waals surface area contributed by atoms with E-state index in [1.807, 2.05) is 19.9 Å². The summed E-state index contributed by atoms with van der Waals surface area (Å²) in [6.07, 6.45) is 1.92. The maximum absolute atomic E-state index is 12.3. The van der Waals surface area contributed by atoms with Crippen LogP contribution in [0.5, 0.6) is 0 Å². The zero-order valence-electron chi connectivity index (χ0n) is 11.5. The van der Waals surface area contributed by atoms with Gasteiger partial charge in [0, 0.05) is 17.9 Å². The second-order valence-corrected chi connectivity index (χ2v) is 5.34. The summed E-state index contributed by atoms with van der Waals surface area (Å²) in [6.45, 7) is 5.27. The second kappa shape index (κ2) is 5.59. The maximum atomic E-state index is 12.3. The normalized spacial score (nSPS) is 22.9. The van der Waals surface area contributed by atoms with Crippen LogP contribution in [0.15, 0.2) is 18.2 Å². The summed E-state index contributed by atoms with van der Waals surface area (Å²) in [7, 11) is 0. The molecule has 0 radical (unpaired) electrons. The molecule has 2 rings (SSSR count). The quantitative estimate of drug-likeness (QED) is 0.571. The van der Waals surface area contributed by atoms with Gasteiger partial charge in [-0.2, -0.15) is 0 Å². The third-order valence-electron chi connectivity index (χ3n) is 3.49. The molecule has 1 saturated heterocycles. The number of carbonyl (C=O) groups is 1. The Labute approximate surface area is 113 Å². The van der Waals surface area contributed by atoms with E-state index in [1.165, 1.54) is 0 Å². The van der Waals surface area contributed by atoms with Crippen molar-refractivity contribution in [2.75, 3.05) is 18.6 Å². The maximum Gasteiger partial charge on any atom is 0.252 e. The van der Waals surface area contributed by atoms with Gasteiger partial charge < -0.3 is 15.5 Å². The molecule has 0 bridgehead atoms. The van der Waals surface area contributed by atoms with E-state index < -0.39 is 0 Å². The molecule has 1 amide bonds. The lowest BCUT2D eigenvalue weighted by Gasteiger charge is -2.34. The van der Waals surface area contributed by atoms with Crippen LogP contribution in [0.1, 0.15) is 35.7 Å². The Balaban J connectivity index is 2.11. The predicted octanol–water partition coefficient (Wildman–Crippen LogP) is 1.58. The van der Waals surface area contributed by atoms with Crippen LogP contribution >= 0.6 is 0 Å². The number of hydrogen-bond acceptors (Lipinski definition) is 4. The SMILES string of the molecule is Cc1cc(NN)ccc1C(=O)NC1(C)CCCOC1. The van der Waals surface area contributed by atoms with Crippen molar-refractivity contribution >= 4 is 11.6 Å². The zero-order chi connectivity index (χ0) is 13.9. The second-order valence-electron chi connectivity index (χ2n) is 5.34. The van der Waals surface area contributed by atoms with Gasteiger partial charge in [0.1, 0.15) is 0 Å². The number of rotatable bonds is 3. The van der Waals surface area contributed by atoms with E-state index in [9.17, 15) is 4.79 Å². The number of nitrogens with one attached hydrogen (secondary N) is 2. The van der Waals surface area contributed by atoms with Crippen molar-refractivity contribution in [1.82, 2.24) is 5.32 Å². The summed E-state index contributed by atoms with van der Waals surface area (Å²) < 4.78 is 5.45. The lowest BCUT2D eigenvalue weighted by atomic mass is 9.94. The van der Waals surface area contributed by atoms with Crippen molar-refractivity contribution < 1.29 is 9.53 Å². The molecule has 0 aliphatic carbocycles. The number of ether oxygens (including phenoxy) is 1. The third kappa shape index (κ3) is 3.24. The van der Waals surface area contributed by atoms with E-state index in [2.05, 4.69) is 10.7 Å². The number of nitrogen functional groups attached to an aromatic ring is 1. The molecule has 4 N–H and O–H groups in total. The minimum atomic E-state index is -0.271. The Hall–Kier alpha value is -1.59. The molecule has 1 atom stereocenters. The van der Waals surface area contributed by atoms with Gasteiger partial charge in [-0.1, -0.05) is 0 Å². The smallest absolute Gasteiger partial charge is 0.252 e. The van der Waals surface area contributed by atoms with Gasteiger partial charge in [0.05, 0.1) is 12.1 Å². The van der Waals surface area contributed by atoms with E-state index in [0.717, 1.165) is 30.7 Å². The zero-order valence-corrected chi connectivity index (χ0v) is 11.5. The largest absolute Gasteiger partial charge is 0.379 e. The first-order chi connectivity index (χ1) is 9.04. The molecule has 5 heteroatoms. The van der Waals surface area contributed by atoms with Gasteiger partial charge in [0.15, 0.2) is 0 Å². The molecule has 1 unspecified atom stereocenters. The number of hydrogen-bond donors (Lipinski definition) is 3. The highest BCUT2D eigenvalue weighted by Crippen LogP contribution is 2.20. The van der Waals surface area contributed by atoms with Gasteiger partial charge in [-0.15, -0.1) is 0 Å². The van der Waals surface area contributed by atoms with Gasteiger partial charge in [-0.05, 0) is 50.5 Å². The van der Waals surface area contributed by atoms with Crippen molar-refractivity contribution in [2.24, 2.45) is 5.84 Å². The van der Waals surface area contributed by atoms with Gasteiger partial charge in [0.25, 0.3) is 5.91 Å². The summed E-state index contributed by atoms with van der Waals surface area (Å²) in [5.74, 6) is 5.29. The number of anilines is 1. The highest BCUT2D eigenvalue weighted by Gasteiger charge is 2.29. The molecular formula is C14H21N3O2. The van der Waals surface area contributed by atoms with Crippen LogP contribution in [-0.2, 0) is 4.74 Å². The number of benzene rings is 1. The number of nitrogens with two attached hydrogens (primary N) is 1. The molecule has 0 aromatic heterocycles. The first kappa shape index (κ1) is 13.8. The number of aryl methyl sites for hydroxylation is 1. The first-order valence-corrected chi connectivity index (χ1v) is 6.52. The summed E-state index contributed by atoms with van der Waals surface area (Å²) in [5.41, 5.74) is 4.66. The molecule has 0 spiro atoms. The van der Waals surface area contributed by atoms with E-state index in [4.69, 9.17) is 10.6 Å². The summed E-state index contributed by atoms with van der Waals surface area (Å²) in [5, 5.41) is 3.07. The van der Waals surface area contributed by atoms with Gasteiger partial charge in [-0.25, -0.2) is 0 Å². The van der Waals surface area contributed by atoms with E-state index in [-0.39, 0.29) is 11.4 Å². The molecule has 1 heterocycles. The molecule has 1 fully saturated rings. The Morgan fingerprint density at radius 3 is 2.84 bits per heavy atom. The molecule has 19 heavy (non-hydrogen) atoms. The van der Waals surface area contributed by atoms with E-state index in [1.54, 1.807) is 12.1 Å². The minimum Gasteiger partial charge on any atom is -0.379 e. The van der Waals surface area contributed by atoms with Crippen LogP contribution in [0.25, 0.3) is 0 Å². The van der Waals surface area contributed by atoms with Crippen LogP contribution in [0.3, 0.4) is 0 Å². The fraction of sp³-hybridized carbons (Fsp3) is 0.500. The summed E-state index contributed by atoms with van der Waals surface area (Å²) >= 11 is 0. The topological polar surface area (TPSA) is 76.4 Å². The lowest BCUT2D eigenvalue weighted by molar-refractivity contribution is 0.0272. The molecule has 104 valence electrons. The molecule has 1 aliphatic rings. The van der Waals surface area contributed by atoms with Gasteiger partial charge in [0.2, 0.25) is 0 Å². The fourth-order valence-electron chi connectivity index (χ4n) is 2.38. The molecule has 1 aromatic carbocycles. The lowest BCUT2D eigenvalue weighted by Crippen LogP contribution is -2.51. The monoisotopic (exact) mass is 263 g/mol. The summed E-state index contributed by atoms with van der Waals surface area (Å²) in [6, 6.07) is 5.43. The molecule has 0 saturated carbocycles. The van der Waals surface area contributed by atoms with Crippen molar-refractivity contribution in [3.05, 3.63) is 29.3 Å². The average Bonchev–Trinajstić information content (AvgIpc) is 2.38. The summed E-state index contributed by atoms with van der Waals surface area (Å²) in [4.78, 5) is 12.3.